The largest absolute Gasteiger partial charge is 0.472 e. The van der Waals surface area contributed by atoms with Crippen molar-refractivity contribution in [1.29, 1.82) is 0 Å². The smallest absolute Gasteiger partial charge is 0.319 e. The van der Waals surface area contributed by atoms with Gasteiger partial charge in [0.15, 0.2) is 0 Å². The van der Waals surface area contributed by atoms with E-state index in [4.69, 9.17) is 4.42 Å². The topological polar surface area (TPSA) is 74.5 Å². The van der Waals surface area contributed by atoms with Gasteiger partial charge in [-0.05, 0) is 35.0 Å². The molecule has 2 amide bonds. The lowest BCUT2D eigenvalue weighted by molar-refractivity contribution is 0.0859. The highest BCUT2D eigenvalue weighted by molar-refractivity contribution is 7.14. The minimum atomic E-state index is -1.31. The van der Waals surface area contributed by atoms with Crippen molar-refractivity contribution in [2.24, 2.45) is 0 Å². The van der Waals surface area contributed by atoms with Gasteiger partial charge >= 0.3 is 6.03 Å². The van der Waals surface area contributed by atoms with E-state index in [1.807, 2.05) is 35.0 Å². The number of carbonyl (C=O) groups is 1. The number of rotatable bonds is 5. The first-order valence-electron chi connectivity index (χ1n) is 6.56. The predicted octanol–water partition coefficient (Wildman–Crippen LogP) is 3.46. The van der Waals surface area contributed by atoms with Crippen molar-refractivity contribution < 1.29 is 14.3 Å². The summed E-state index contributed by atoms with van der Waals surface area (Å²) >= 11 is 2.86. The van der Waals surface area contributed by atoms with Gasteiger partial charge in [-0.25, -0.2) is 4.79 Å². The molecule has 114 valence electrons. The SMILES string of the molecule is O=C(NCC(O)(c1ccoc1)c1cccs1)Nc1cccs1. The van der Waals surface area contributed by atoms with Gasteiger partial charge < -0.3 is 14.8 Å². The van der Waals surface area contributed by atoms with Crippen LogP contribution in [0.3, 0.4) is 0 Å². The van der Waals surface area contributed by atoms with Crippen molar-refractivity contribution in [3.05, 3.63) is 64.1 Å². The fourth-order valence-electron chi connectivity index (χ4n) is 2.06. The van der Waals surface area contributed by atoms with E-state index in [1.54, 1.807) is 6.07 Å². The summed E-state index contributed by atoms with van der Waals surface area (Å²) in [6.07, 6.45) is 2.98. The molecule has 0 aromatic carbocycles. The van der Waals surface area contributed by atoms with E-state index in [0.717, 1.165) is 9.88 Å². The van der Waals surface area contributed by atoms with E-state index in [0.29, 0.717) is 5.56 Å². The molecule has 0 aliphatic heterocycles. The van der Waals surface area contributed by atoms with Gasteiger partial charge in [-0.1, -0.05) is 6.07 Å². The third-order valence-electron chi connectivity index (χ3n) is 3.19. The number of hydrogen-bond donors (Lipinski definition) is 3. The van der Waals surface area contributed by atoms with E-state index in [-0.39, 0.29) is 12.6 Å². The van der Waals surface area contributed by atoms with Crippen LogP contribution in [0.5, 0.6) is 0 Å². The molecule has 0 fully saturated rings. The monoisotopic (exact) mass is 334 g/mol. The van der Waals surface area contributed by atoms with Gasteiger partial charge in [-0.3, -0.25) is 5.32 Å². The predicted molar refractivity (Wildman–Crippen MR) is 87.4 cm³/mol. The standard InChI is InChI=1S/C15H14N2O3S2/c18-14(17-13-4-2-8-22-13)16-10-15(19,11-5-6-20-9-11)12-3-1-7-21-12/h1-9,19H,10H2,(H2,16,17,18). The molecule has 3 N–H and O–H groups in total. The molecule has 3 aromatic rings. The summed E-state index contributed by atoms with van der Waals surface area (Å²) in [5.41, 5.74) is -0.708. The van der Waals surface area contributed by atoms with Crippen molar-refractivity contribution in [3.8, 4) is 0 Å². The highest BCUT2D eigenvalue weighted by Gasteiger charge is 2.34. The van der Waals surface area contributed by atoms with Crippen molar-refractivity contribution in [2.45, 2.75) is 5.60 Å². The average molecular weight is 334 g/mol. The highest BCUT2D eigenvalue weighted by Crippen LogP contribution is 2.32. The highest BCUT2D eigenvalue weighted by atomic mass is 32.1. The van der Waals surface area contributed by atoms with Gasteiger partial charge in [0.05, 0.1) is 24.1 Å². The Morgan fingerprint density at radius 3 is 2.68 bits per heavy atom. The molecule has 0 aliphatic rings. The molecule has 3 rings (SSSR count). The van der Waals surface area contributed by atoms with Crippen LogP contribution in [-0.2, 0) is 5.60 Å². The number of anilines is 1. The van der Waals surface area contributed by atoms with E-state index in [2.05, 4.69) is 10.6 Å². The van der Waals surface area contributed by atoms with Gasteiger partial charge in [-0.15, -0.1) is 22.7 Å². The summed E-state index contributed by atoms with van der Waals surface area (Å²) in [4.78, 5) is 12.7. The Labute approximate surface area is 135 Å². The van der Waals surface area contributed by atoms with Crippen LogP contribution in [0.25, 0.3) is 0 Å². The van der Waals surface area contributed by atoms with Crippen LogP contribution in [0, 0.1) is 0 Å². The molecule has 3 heterocycles. The number of carbonyl (C=O) groups excluding carboxylic acids is 1. The molecule has 0 radical (unpaired) electrons. The Kier molecular flexibility index (Phi) is 4.28. The first-order valence-corrected chi connectivity index (χ1v) is 8.32. The van der Waals surface area contributed by atoms with Gasteiger partial charge in [0.25, 0.3) is 0 Å². The Morgan fingerprint density at radius 1 is 1.23 bits per heavy atom. The molecular formula is C15H14N2O3S2. The van der Waals surface area contributed by atoms with Gasteiger partial charge in [0.1, 0.15) is 5.60 Å². The molecule has 0 bridgehead atoms. The quantitative estimate of drug-likeness (QED) is 0.669. The molecule has 22 heavy (non-hydrogen) atoms. The van der Waals surface area contributed by atoms with Crippen LogP contribution >= 0.6 is 22.7 Å². The summed E-state index contributed by atoms with van der Waals surface area (Å²) in [6.45, 7) is 0.0459. The molecule has 0 saturated heterocycles. The summed E-state index contributed by atoms with van der Waals surface area (Å²) in [6, 6.07) is 8.69. The molecule has 0 saturated carbocycles. The minimum Gasteiger partial charge on any atom is -0.472 e. The number of hydrogen-bond acceptors (Lipinski definition) is 5. The average Bonchev–Trinajstić information content (AvgIpc) is 3.26. The zero-order valence-corrected chi connectivity index (χ0v) is 13.1. The molecule has 7 heteroatoms. The lowest BCUT2D eigenvalue weighted by Gasteiger charge is -2.26. The van der Waals surface area contributed by atoms with E-state index in [9.17, 15) is 9.90 Å². The first kappa shape index (κ1) is 14.8. The van der Waals surface area contributed by atoms with Crippen LogP contribution in [0.2, 0.25) is 0 Å². The number of nitrogens with one attached hydrogen (secondary N) is 2. The Morgan fingerprint density at radius 2 is 2.05 bits per heavy atom. The van der Waals surface area contributed by atoms with E-state index in [1.165, 1.54) is 35.2 Å². The maximum atomic E-state index is 11.9. The van der Waals surface area contributed by atoms with Crippen molar-refractivity contribution in [3.63, 3.8) is 0 Å². The zero-order chi connectivity index (χ0) is 15.4. The van der Waals surface area contributed by atoms with Crippen LogP contribution < -0.4 is 10.6 Å². The number of furan rings is 1. The Balaban J connectivity index is 1.73. The van der Waals surface area contributed by atoms with Gasteiger partial charge in [-0.2, -0.15) is 0 Å². The third kappa shape index (κ3) is 3.06. The fourth-order valence-corrected chi connectivity index (χ4v) is 3.52. The molecule has 3 aromatic heterocycles. The molecule has 1 unspecified atom stereocenters. The molecule has 5 nitrogen and oxygen atoms in total. The van der Waals surface area contributed by atoms with Gasteiger partial charge in [0.2, 0.25) is 0 Å². The number of thiophene rings is 2. The summed E-state index contributed by atoms with van der Waals surface area (Å²) in [7, 11) is 0. The van der Waals surface area contributed by atoms with E-state index < -0.39 is 5.60 Å². The van der Waals surface area contributed by atoms with Crippen molar-refractivity contribution in [1.82, 2.24) is 5.32 Å². The first-order chi connectivity index (χ1) is 10.7. The zero-order valence-electron chi connectivity index (χ0n) is 11.5. The van der Waals surface area contributed by atoms with Crippen LogP contribution in [0.4, 0.5) is 9.80 Å². The van der Waals surface area contributed by atoms with Gasteiger partial charge in [0, 0.05) is 10.4 Å². The number of amides is 2. The van der Waals surface area contributed by atoms with Crippen molar-refractivity contribution >= 4 is 33.7 Å². The second-order valence-electron chi connectivity index (χ2n) is 4.63. The maximum absolute atomic E-state index is 11.9. The normalized spacial score (nSPS) is 13.5. The Bertz CT molecular complexity index is 672. The fraction of sp³-hybridized carbons (Fsp3) is 0.133. The number of urea groups is 1. The second-order valence-corrected chi connectivity index (χ2v) is 6.53. The van der Waals surface area contributed by atoms with Crippen LogP contribution in [0.1, 0.15) is 10.4 Å². The third-order valence-corrected chi connectivity index (χ3v) is 5.00. The summed E-state index contributed by atoms with van der Waals surface area (Å²) in [5, 5.41) is 21.0. The molecular weight excluding hydrogens is 320 g/mol. The maximum Gasteiger partial charge on any atom is 0.319 e. The second kappa shape index (κ2) is 6.35. The lowest BCUT2D eigenvalue weighted by atomic mass is 9.94. The minimum absolute atomic E-state index is 0.0459. The molecule has 0 spiro atoms. The molecule has 0 aliphatic carbocycles. The summed E-state index contributed by atoms with van der Waals surface area (Å²) in [5.74, 6) is 0. The van der Waals surface area contributed by atoms with Crippen LogP contribution in [0.15, 0.2) is 58.0 Å². The Hall–Kier alpha value is -2.09. The van der Waals surface area contributed by atoms with Crippen molar-refractivity contribution in [2.75, 3.05) is 11.9 Å². The molecule has 1 atom stereocenters. The lowest BCUT2D eigenvalue weighted by Crippen LogP contribution is -2.42. The number of aliphatic hydroxyl groups is 1. The van der Waals surface area contributed by atoms with E-state index >= 15 is 0 Å². The van der Waals surface area contributed by atoms with Crippen LogP contribution in [-0.4, -0.2) is 17.7 Å². The summed E-state index contributed by atoms with van der Waals surface area (Å²) < 4.78 is 5.07.